The maximum atomic E-state index is 2.74. The molecule has 1 fully saturated rings. The Morgan fingerprint density at radius 3 is 2.44 bits per heavy atom. The third kappa shape index (κ3) is 4.57. The molecule has 2 unspecified atom stereocenters. The number of nitrogens with zero attached hydrogens (tertiary/aromatic N) is 1. The van der Waals surface area contributed by atoms with Crippen molar-refractivity contribution in [2.24, 2.45) is 11.3 Å². The summed E-state index contributed by atoms with van der Waals surface area (Å²) in [6, 6.07) is 0.787. The third-order valence-corrected chi connectivity index (χ3v) is 4.91. The molecule has 108 valence electrons. The Hall–Kier alpha value is -0.0400. The molecule has 2 atom stereocenters. The van der Waals surface area contributed by atoms with Gasteiger partial charge in [0, 0.05) is 19.1 Å². The van der Waals surface area contributed by atoms with Gasteiger partial charge in [0.05, 0.1) is 0 Å². The summed E-state index contributed by atoms with van der Waals surface area (Å²) in [7, 11) is 0. The zero-order chi connectivity index (χ0) is 13.6. The highest BCUT2D eigenvalue weighted by Gasteiger charge is 2.39. The molecule has 0 aromatic rings. The lowest BCUT2D eigenvalue weighted by Gasteiger charge is -2.26. The highest BCUT2D eigenvalue weighted by Crippen LogP contribution is 2.39. The number of likely N-dealkylation sites (tertiary alicyclic amines) is 1. The zero-order valence-corrected chi connectivity index (χ0v) is 13.5. The smallest absolute Gasteiger partial charge is 0.00671 e. The van der Waals surface area contributed by atoms with Gasteiger partial charge in [0.15, 0.2) is 0 Å². The molecule has 0 aromatic heterocycles. The van der Waals surface area contributed by atoms with Crippen molar-refractivity contribution in [3.63, 3.8) is 0 Å². The predicted octanol–water partition coefficient (Wildman–Crippen LogP) is 5.10. The van der Waals surface area contributed by atoms with E-state index in [9.17, 15) is 0 Å². The van der Waals surface area contributed by atoms with Gasteiger partial charge in [-0.2, -0.15) is 0 Å². The summed E-state index contributed by atoms with van der Waals surface area (Å²) in [6.45, 7) is 14.6. The summed E-state index contributed by atoms with van der Waals surface area (Å²) in [5.41, 5.74) is 0.536. The second kappa shape index (κ2) is 7.53. The van der Waals surface area contributed by atoms with Gasteiger partial charge >= 0.3 is 0 Å². The topological polar surface area (TPSA) is 3.24 Å². The number of hydrogen-bond donors (Lipinski definition) is 0. The Bertz CT molecular complexity index is 222. The van der Waals surface area contributed by atoms with Crippen molar-refractivity contribution < 1.29 is 0 Å². The van der Waals surface area contributed by atoms with Gasteiger partial charge in [-0.05, 0) is 31.1 Å². The Balaban J connectivity index is 2.39. The molecule has 18 heavy (non-hydrogen) atoms. The lowest BCUT2D eigenvalue weighted by molar-refractivity contribution is 0.219. The molecule has 0 saturated carbocycles. The zero-order valence-electron chi connectivity index (χ0n) is 13.5. The van der Waals surface area contributed by atoms with Gasteiger partial charge in [-0.15, -0.1) is 0 Å². The lowest BCUT2D eigenvalue weighted by Crippen LogP contribution is -2.32. The molecule has 1 nitrogen and oxygen atoms in total. The minimum Gasteiger partial charge on any atom is -0.300 e. The SMILES string of the molecule is CCCCCCC1CN(C(C)CCC)CC1(C)C. The number of unbranched alkanes of at least 4 members (excludes halogenated alkanes) is 3. The first-order chi connectivity index (χ1) is 8.51. The van der Waals surface area contributed by atoms with Crippen molar-refractivity contribution in [2.75, 3.05) is 13.1 Å². The van der Waals surface area contributed by atoms with Crippen LogP contribution in [0.2, 0.25) is 0 Å². The molecule has 0 radical (unpaired) electrons. The van der Waals surface area contributed by atoms with E-state index in [2.05, 4.69) is 39.5 Å². The van der Waals surface area contributed by atoms with Crippen molar-refractivity contribution in [2.45, 2.75) is 85.6 Å². The van der Waals surface area contributed by atoms with Crippen molar-refractivity contribution in [3.05, 3.63) is 0 Å². The summed E-state index contributed by atoms with van der Waals surface area (Å²) in [6.07, 6.45) is 9.78. The second-order valence-electron chi connectivity index (χ2n) is 7.10. The Morgan fingerprint density at radius 1 is 1.11 bits per heavy atom. The summed E-state index contributed by atoms with van der Waals surface area (Å²) >= 11 is 0. The van der Waals surface area contributed by atoms with E-state index in [1.807, 2.05) is 0 Å². The predicted molar refractivity (Wildman–Crippen MR) is 82.0 cm³/mol. The summed E-state index contributed by atoms with van der Waals surface area (Å²) in [4.78, 5) is 2.74. The van der Waals surface area contributed by atoms with Gasteiger partial charge in [0.25, 0.3) is 0 Å². The molecule has 0 aliphatic carbocycles. The second-order valence-corrected chi connectivity index (χ2v) is 7.10. The van der Waals surface area contributed by atoms with Crippen molar-refractivity contribution in [1.82, 2.24) is 4.90 Å². The van der Waals surface area contributed by atoms with E-state index >= 15 is 0 Å². The van der Waals surface area contributed by atoms with Crippen LogP contribution in [0.3, 0.4) is 0 Å². The molecular weight excluding hydrogens is 218 g/mol. The Labute approximate surface area is 115 Å². The van der Waals surface area contributed by atoms with E-state index in [0.717, 1.165) is 12.0 Å². The van der Waals surface area contributed by atoms with Crippen LogP contribution in [0.25, 0.3) is 0 Å². The van der Waals surface area contributed by atoms with Gasteiger partial charge in [0.2, 0.25) is 0 Å². The number of rotatable bonds is 8. The molecule has 0 bridgehead atoms. The molecule has 1 aliphatic heterocycles. The fourth-order valence-corrected chi connectivity index (χ4v) is 3.48. The first kappa shape index (κ1) is 16.0. The molecule has 0 aromatic carbocycles. The normalized spacial score (nSPS) is 25.5. The molecule has 1 aliphatic rings. The summed E-state index contributed by atoms with van der Waals surface area (Å²) in [5.74, 6) is 0.925. The van der Waals surface area contributed by atoms with Crippen molar-refractivity contribution >= 4 is 0 Å². The highest BCUT2D eigenvalue weighted by atomic mass is 15.2. The fraction of sp³-hybridized carbons (Fsp3) is 1.00. The highest BCUT2D eigenvalue weighted by molar-refractivity contribution is 4.92. The van der Waals surface area contributed by atoms with Crippen LogP contribution in [0.4, 0.5) is 0 Å². The van der Waals surface area contributed by atoms with E-state index in [1.165, 1.54) is 58.0 Å². The van der Waals surface area contributed by atoms with Gasteiger partial charge in [-0.25, -0.2) is 0 Å². The van der Waals surface area contributed by atoms with Gasteiger partial charge < -0.3 is 0 Å². The number of hydrogen-bond acceptors (Lipinski definition) is 1. The van der Waals surface area contributed by atoms with E-state index < -0.39 is 0 Å². The first-order valence-corrected chi connectivity index (χ1v) is 8.25. The minimum atomic E-state index is 0.536. The third-order valence-electron chi connectivity index (χ3n) is 4.91. The van der Waals surface area contributed by atoms with Gasteiger partial charge in [-0.1, -0.05) is 59.8 Å². The molecule has 0 amide bonds. The first-order valence-electron chi connectivity index (χ1n) is 8.25. The Morgan fingerprint density at radius 2 is 1.83 bits per heavy atom. The summed E-state index contributed by atoms with van der Waals surface area (Å²) < 4.78 is 0. The van der Waals surface area contributed by atoms with Crippen LogP contribution in [0.5, 0.6) is 0 Å². The van der Waals surface area contributed by atoms with E-state index in [4.69, 9.17) is 0 Å². The molecule has 1 heterocycles. The van der Waals surface area contributed by atoms with Crippen LogP contribution >= 0.6 is 0 Å². The van der Waals surface area contributed by atoms with Gasteiger partial charge in [-0.3, -0.25) is 4.90 Å². The van der Waals surface area contributed by atoms with Crippen molar-refractivity contribution in [3.8, 4) is 0 Å². The molecule has 1 rings (SSSR count). The minimum absolute atomic E-state index is 0.536. The van der Waals surface area contributed by atoms with Crippen molar-refractivity contribution in [1.29, 1.82) is 0 Å². The molecule has 1 heteroatoms. The van der Waals surface area contributed by atoms with Gasteiger partial charge in [0.1, 0.15) is 0 Å². The lowest BCUT2D eigenvalue weighted by atomic mass is 9.79. The molecule has 1 saturated heterocycles. The molecule has 0 spiro atoms. The monoisotopic (exact) mass is 253 g/mol. The van der Waals surface area contributed by atoms with Crippen LogP contribution in [-0.4, -0.2) is 24.0 Å². The molecule has 0 N–H and O–H groups in total. The average molecular weight is 253 g/mol. The van der Waals surface area contributed by atoms with Crippen LogP contribution in [0.1, 0.15) is 79.6 Å². The van der Waals surface area contributed by atoms with E-state index in [-0.39, 0.29) is 0 Å². The maximum Gasteiger partial charge on any atom is 0.00671 e. The van der Waals surface area contributed by atoms with E-state index in [0.29, 0.717) is 5.41 Å². The van der Waals surface area contributed by atoms with Crippen LogP contribution in [-0.2, 0) is 0 Å². The average Bonchev–Trinajstić information content (AvgIpc) is 2.61. The van der Waals surface area contributed by atoms with Crippen LogP contribution in [0.15, 0.2) is 0 Å². The van der Waals surface area contributed by atoms with Crippen LogP contribution in [0, 0.1) is 11.3 Å². The Kier molecular flexibility index (Phi) is 6.70. The standard InChI is InChI=1S/C17H35N/c1-6-8-9-10-12-16-13-18(14-17(16,4)5)15(3)11-7-2/h15-16H,6-14H2,1-5H3. The summed E-state index contributed by atoms with van der Waals surface area (Å²) in [5, 5.41) is 0. The maximum absolute atomic E-state index is 2.74. The quantitative estimate of drug-likeness (QED) is 0.544. The largest absolute Gasteiger partial charge is 0.300 e. The molecular formula is C17H35N. The van der Waals surface area contributed by atoms with Crippen LogP contribution < -0.4 is 0 Å². The van der Waals surface area contributed by atoms with E-state index in [1.54, 1.807) is 0 Å². The fourth-order valence-electron chi connectivity index (χ4n) is 3.48.